The summed E-state index contributed by atoms with van der Waals surface area (Å²) in [5.41, 5.74) is -0.501. The minimum Gasteiger partial charge on any atom is -0.456 e. The fourth-order valence-electron chi connectivity index (χ4n) is 1.33. The van der Waals surface area contributed by atoms with Crippen LogP contribution in [0.3, 0.4) is 0 Å². The molecule has 0 aromatic heterocycles. The standard InChI is InChI=1S/C11H20O4/c1-5-10(2,3)9(12)15-8-6-7-14-11(8,4)13/h8,13H,5-7H2,1-4H3. The van der Waals surface area contributed by atoms with Gasteiger partial charge in [-0.05, 0) is 27.2 Å². The molecular weight excluding hydrogens is 196 g/mol. The Labute approximate surface area is 90.6 Å². The van der Waals surface area contributed by atoms with Crippen molar-refractivity contribution in [3.05, 3.63) is 0 Å². The van der Waals surface area contributed by atoms with E-state index in [1.165, 1.54) is 6.92 Å². The molecule has 0 saturated carbocycles. The Morgan fingerprint density at radius 2 is 2.27 bits per heavy atom. The number of rotatable bonds is 3. The third-order valence-corrected chi connectivity index (χ3v) is 3.06. The maximum absolute atomic E-state index is 11.8. The molecule has 0 spiro atoms. The molecule has 15 heavy (non-hydrogen) atoms. The van der Waals surface area contributed by atoms with Crippen molar-refractivity contribution in [1.29, 1.82) is 0 Å². The summed E-state index contributed by atoms with van der Waals surface area (Å²) in [6.45, 7) is 7.55. The van der Waals surface area contributed by atoms with Crippen LogP contribution in [-0.4, -0.2) is 29.6 Å². The first-order chi connectivity index (χ1) is 6.79. The van der Waals surface area contributed by atoms with Gasteiger partial charge in [0, 0.05) is 6.42 Å². The van der Waals surface area contributed by atoms with Crippen molar-refractivity contribution in [3.63, 3.8) is 0 Å². The highest BCUT2D eigenvalue weighted by Gasteiger charge is 2.43. The third kappa shape index (κ3) is 2.69. The summed E-state index contributed by atoms with van der Waals surface area (Å²) in [5.74, 6) is -1.61. The molecule has 1 fully saturated rings. The van der Waals surface area contributed by atoms with Crippen molar-refractivity contribution in [2.75, 3.05) is 6.61 Å². The Hall–Kier alpha value is -0.610. The molecule has 1 N–H and O–H groups in total. The van der Waals surface area contributed by atoms with E-state index in [1.54, 1.807) is 0 Å². The van der Waals surface area contributed by atoms with Crippen LogP contribution in [-0.2, 0) is 14.3 Å². The number of carbonyl (C=O) groups is 1. The minimum absolute atomic E-state index is 0.277. The first kappa shape index (κ1) is 12.5. The summed E-state index contributed by atoms with van der Waals surface area (Å²) < 4.78 is 10.3. The SMILES string of the molecule is CCC(C)(C)C(=O)OC1CCOC1(C)O. The van der Waals surface area contributed by atoms with E-state index >= 15 is 0 Å². The molecule has 0 bridgehead atoms. The molecule has 0 amide bonds. The van der Waals surface area contributed by atoms with Crippen LogP contribution in [0, 0.1) is 5.41 Å². The molecule has 1 heterocycles. The molecule has 0 aromatic carbocycles. The van der Waals surface area contributed by atoms with Crippen LogP contribution < -0.4 is 0 Å². The summed E-state index contributed by atoms with van der Waals surface area (Å²) >= 11 is 0. The van der Waals surface area contributed by atoms with Crippen LogP contribution in [0.25, 0.3) is 0 Å². The lowest BCUT2D eigenvalue weighted by molar-refractivity contribution is -0.217. The highest BCUT2D eigenvalue weighted by molar-refractivity contribution is 5.76. The normalized spacial score (nSPS) is 31.7. The van der Waals surface area contributed by atoms with E-state index < -0.39 is 17.3 Å². The van der Waals surface area contributed by atoms with Crippen LogP contribution in [0.5, 0.6) is 0 Å². The molecule has 2 unspecified atom stereocenters. The number of esters is 1. The van der Waals surface area contributed by atoms with E-state index in [0.717, 1.165) is 0 Å². The summed E-state index contributed by atoms with van der Waals surface area (Å²) in [4.78, 5) is 11.8. The van der Waals surface area contributed by atoms with E-state index in [-0.39, 0.29) is 5.97 Å². The summed E-state index contributed by atoms with van der Waals surface area (Å²) in [6, 6.07) is 0. The van der Waals surface area contributed by atoms with Crippen LogP contribution in [0.2, 0.25) is 0 Å². The van der Waals surface area contributed by atoms with Gasteiger partial charge < -0.3 is 14.6 Å². The van der Waals surface area contributed by atoms with Gasteiger partial charge in [-0.3, -0.25) is 4.79 Å². The van der Waals surface area contributed by atoms with Gasteiger partial charge in [0.05, 0.1) is 12.0 Å². The zero-order valence-corrected chi connectivity index (χ0v) is 9.87. The predicted octanol–water partition coefficient (Wildman–Crippen LogP) is 1.46. The highest BCUT2D eigenvalue weighted by atomic mass is 16.7. The molecule has 0 aliphatic carbocycles. The molecule has 4 heteroatoms. The van der Waals surface area contributed by atoms with Gasteiger partial charge in [-0.15, -0.1) is 0 Å². The van der Waals surface area contributed by atoms with E-state index in [4.69, 9.17) is 9.47 Å². The van der Waals surface area contributed by atoms with Crippen molar-refractivity contribution in [3.8, 4) is 0 Å². The van der Waals surface area contributed by atoms with Gasteiger partial charge in [-0.1, -0.05) is 6.92 Å². The largest absolute Gasteiger partial charge is 0.456 e. The Morgan fingerprint density at radius 3 is 2.67 bits per heavy atom. The maximum atomic E-state index is 11.8. The summed E-state index contributed by atoms with van der Waals surface area (Å²) in [7, 11) is 0. The average Bonchev–Trinajstić information content (AvgIpc) is 2.46. The van der Waals surface area contributed by atoms with Gasteiger partial charge in [0.15, 0.2) is 6.10 Å². The molecule has 0 radical (unpaired) electrons. The van der Waals surface area contributed by atoms with Crippen LogP contribution in [0.15, 0.2) is 0 Å². The molecular formula is C11H20O4. The van der Waals surface area contributed by atoms with Crippen molar-refractivity contribution in [2.45, 2.75) is 52.4 Å². The fraction of sp³-hybridized carbons (Fsp3) is 0.909. The average molecular weight is 216 g/mol. The monoisotopic (exact) mass is 216 g/mol. The number of ether oxygens (including phenoxy) is 2. The topological polar surface area (TPSA) is 55.8 Å². The van der Waals surface area contributed by atoms with Gasteiger partial charge in [0.2, 0.25) is 5.79 Å². The van der Waals surface area contributed by atoms with Gasteiger partial charge >= 0.3 is 5.97 Å². The quantitative estimate of drug-likeness (QED) is 0.726. The van der Waals surface area contributed by atoms with Crippen LogP contribution in [0.1, 0.15) is 40.5 Å². The van der Waals surface area contributed by atoms with Gasteiger partial charge in [0.1, 0.15) is 0 Å². The highest BCUT2D eigenvalue weighted by Crippen LogP contribution is 2.29. The lowest BCUT2D eigenvalue weighted by Crippen LogP contribution is -2.41. The van der Waals surface area contributed by atoms with E-state index in [9.17, 15) is 9.90 Å². The van der Waals surface area contributed by atoms with E-state index in [1.807, 2.05) is 20.8 Å². The molecule has 88 valence electrons. The number of carbonyl (C=O) groups excluding carboxylic acids is 1. The Balaban J connectivity index is 2.59. The molecule has 1 aliphatic heterocycles. The predicted molar refractivity (Wildman–Crippen MR) is 55.1 cm³/mol. The number of aliphatic hydroxyl groups is 1. The second-order valence-corrected chi connectivity index (χ2v) is 4.82. The first-order valence-corrected chi connectivity index (χ1v) is 5.37. The fourth-order valence-corrected chi connectivity index (χ4v) is 1.33. The van der Waals surface area contributed by atoms with Crippen LogP contribution >= 0.6 is 0 Å². The smallest absolute Gasteiger partial charge is 0.311 e. The lowest BCUT2D eigenvalue weighted by atomic mass is 9.90. The molecule has 2 atom stereocenters. The molecule has 1 aliphatic rings. The Bertz CT molecular complexity index is 245. The second-order valence-electron chi connectivity index (χ2n) is 4.82. The number of hydrogen-bond donors (Lipinski definition) is 1. The van der Waals surface area contributed by atoms with Crippen molar-refractivity contribution >= 4 is 5.97 Å². The van der Waals surface area contributed by atoms with Crippen LogP contribution in [0.4, 0.5) is 0 Å². The summed E-state index contributed by atoms with van der Waals surface area (Å²) in [5, 5.41) is 9.74. The van der Waals surface area contributed by atoms with Gasteiger partial charge in [0.25, 0.3) is 0 Å². The van der Waals surface area contributed by atoms with Crippen molar-refractivity contribution in [2.24, 2.45) is 5.41 Å². The molecule has 1 rings (SSSR count). The molecule has 1 saturated heterocycles. The van der Waals surface area contributed by atoms with Gasteiger partial charge in [-0.25, -0.2) is 0 Å². The Kier molecular flexibility index (Phi) is 3.41. The zero-order chi connectivity index (χ0) is 11.7. The maximum Gasteiger partial charge on any atom is 0.311 e. The Morgan fingerprint density at radius 1 is 1.67 bits per heavy atom. The second kappa shape index (κ2) is 4.10. The summed E-state index contributed by atoms with van der Waals surface area (Å²) in [6.07, 6.45) is 0.718. The first-order valence-electron chi connectivity index (χ1n) is 5.37. The molecule has 4 nitrogen and oxygen atoms in total. The third-order valence-electron chi connectivity index (χ3n) is 3.06. The van der Waals surface area contributed by atoms with Gasteiger partial charge in [-0.2, -0.15) is 0 Å². The molecule has 0 aromatic rings. The number of hydrogen-bond acceptors (Lipinski definition) is 4. The lowest BCUT2D eigenvalue weighted by Gasteiger charge is -2.28. The van der Waals surface area contributed by atoms with Crippen molar-refractivity contribution in [1.82, 2.24) is 0 Å². The van der Waals surface area contributed by atoms with Crippen molar-refractivity contribution < 1.29 is 19.4 Å². The van der Waals surface area contributed by atoms with E-state index in [0.29, 0.717) is 19.4 Å². The van der Waals surface area contributed by atoms with E-state index in [2.05, 4.69) is 0 Å². The zero-order valence-electron chi connectivity index (χ0n) is 9.87. The minimum atomic E-state index is -1.33.